The van der Waals surface area contributed by atoms with Crippen molar-refractivity contribution in [2.24, 2.45) is 0 Å². The summed E-state index contributed by atoms with van der Waals surface area (Å²) >= 11 is 0. The highest BCUT2D eigenvalue weighted by atomic mass is 19.1. The molecule has 1 aromatic heterocycles. The van der Waals surface area contributed by atoms with Crippen LogP contribution in [-0.4, -0.2) is 61.7 Å². The van der Waals surface area contributed by atoms with Crippen molar-refractivity contribution in [1.29, 1.82) is 0 Å². The molecule has 3 aromatic rings. The number of benzene rings is 2. The van der Waals surface area contributed by atoms with Crippen LogP contribution in [0.2, 0.25) is 0 Å². The third-order valence-electron chi connectivity index (χ3n) is 7.12. The number of carbonyl (C=O) groups is 1. The molecule has 0 aliphatic carbocycles. The van der Waals surface area contributed by atoms with Crippen molar-refractivity contribution < 1.29 is 13.9 Å². The number of fused-ring (bicyclic) bond motifs is 3. The number of nitrogens with zero attached hydrogens (tertiary/aromatic N) is 2. The Bertz CT molecular complexity index is 1360. The average Bonchev–Trinajstić information content (AvgIpc) is 2.89. The molecule has 8 nitrogen and oxygen atoms in total. The molecule has 5 rings (SSSR count). The van der Waals surface area contributed by atoms with Gasteiger partial charge in [-0.25, -0.2) is 4.39 Å². The molecule has 2 aromatic carbocycles. The molecule has 0 saturated carbocycles. The van der Waals surface area contributed by atoms with Crippen LogP contribution in [0.4, 0.5) is 15.8 Å². The number of carbonyl (C=O) groups excluding carboxylic acids is 1. The lowest BCUT2D eigenvalue weighted by Crippen LogP contribution is -2.46. The zero-order valence-corrected chi connectivity index (χ0v) is 21.5. The van der Waals surface area contributed by atoms with E-state index >= 15 is 0 Å². The molecule has 0 radical (unpaired) electrons. The van der Waals surface area contributed by atoms with Gasteiger partial charge in [0.1, 0.15) is 11.6 Å². The van der Waals surface area contributed by atoms with Gasteiger partial charge in [0.25, 0.3) is 11.5 Å². The van der Waals surface area contributed by atoms with Crippen LogP contribution in [0.15, 0.2) is 35.1 Å². The number of pyridine rings is 1. The number of aromatic nitrogens is 1. The van der Waals surface area contributed by atoms with Gasteiger partial charge in [-0.05, 0) is 62.6 Å². The normalized spacial score (nSPS) is 15.8. The number of amides is 1. The lowest BCUT2D eigenvalue weighted by atomic mass is 9.99. The number of hydrogen-bond acceptors (Lipinski definition) is 6. The van der Waals surface area contributed by atoms with Gasteiger partial charge in [-0.15, -0.1) is 0 Å². The monoisotopic (exact) mass is 507 g/mol. The predicted octanol–water partition coefficient (Wildman–Crippen LogP) is 3.50. The number of nitrogens with one attached hydrogen (secondary N) is 3. The van der Waals surface area contributed by atoms with E-state index in [2.05, 4.69) is 37.6 Å². The molecule has 0 bridgehead atoms. The van der Waals surface area contributed by atoms with Crippen LogP contribution in [0.1, 0.15) is 41.8 Å². The van der Waals surface area contributed by atoms with Crippen molar-refractivity contribution in [3.8, 4) is 5.75 Å². The van der Waals surface area contributed by atoms with Gasteiger partial charge < -0.3 is 25.3 Å². The van der Waals surface area contributed by atoms with E-state index in [1.54, 1.807) is 6.07 Å². The first-order chi connectivity index (χ1) is 18.0. The van der Waals surface area contributed by atoms with Crippen LogP contribution in [0, 0.1) is 5.82 Å². The maximum absolute atomic E-state index is 14.6. The van der Waals surface area contributed by atoms with E-state index in [4.69, 9.17) is 4.74 Å². The first-order valence-corrected chi connectivity index (χ1v) is 13.1. The zero-order chi connectivity index (χ0) is 25.9. The first-order valence-electron chi connectivity index (χ1n) is 13.1. The van der Waals surface area contributed by atoms with E-state index in [9.17, 15) is 14.0 Å². The minimum atomic E-state index is -0.504. The highest BCUT2D eigenvalue weighted by molar-refractivity contribution is 5.98. The molecule has 1 saturated heterocycles. The largest absolute Gasteiger partial charge is 0.493 e. The molecule has 0 atom stereocenters. The Balaban J connectivity index is 1.31. The van der Waals surface area contributed by atoms with Crippen LogP contribution in [0.5, 0.6) is 5.75 Å². The summed E-state index contributed by atoms with van der Waals surface area (Å²) in [5.41, 5.74) is 4.39. The maximum Gasteiger partial charge on any atom is 0.254 e. The van der Waals surface area contributed by atoms with E-state index < -0.39 is 11.7 Å². The molecular formula is C28H34FN5O3. The second-order valence-electron chi connectivity index (χ2n) is 9.57. The first kappa shape index (κ1) is 25.1. The van der Waals surface area contributed by atoms with Gasteiger partial charge in [0.15, 0.2) is 0 Å². The lowest BCUT2D eigenvalue weighted by Gasteiger charge is -2.36. The lowest BCUT2D eigenvalue weighted by molar-refractivity contribution is 0.0952. The van der Waals surface area contributed by atoms with Gasteiger partial charge in [0.05, 0.1) is 28.8 Å². The molecule has 1 amide bonds. The van der Waals surface area contributed by atoms with Crippen molar-refractivity contribution >= 4 is 28.2 Å². The Hall–Kier alpha value is -3.59. The van der Waals surface area contributed by atoms with E-state index in [0.717, 1.165) is 91.3 Å². The van der Waals surface area contributed by atoms with E-state index in [1.807, 2.05) is 19.9 Å². The number of H-pyrrole nitrogens is 1. The molecule has 1 fully saturated rings. The Kier molecular flexibility index (Phi) is 7.32. The molecule has 3 N–H and O–H groups in total. The van der Waals surface area contributed by atoms with Gasteiger partial charge in [0, 0.05) is 57.1 Å². The summed E-state index contributed by atoms with van der Waals surface area (Å²) in [5, 5.41) is 7.01. The quantitative estimate of drug-likeness (QED) is 0.454. The number of rotatable bonds is 7. The molecule has 0 unspecified atom stereocenters. The summed E-state index contributed by atoms with van der Waals surface area (Å²) in [5.74, 6) is -0.106. The molecule has 2 aliphatic rings. The topological polar surface area (TPSA) is 89.7 Å². The highest BCUT2D eigenvalue weighted by Crippen LogP contribution is 2.36. The van der Waals surface area contributed by atoms with Crippen molar-refractivity contribution in [3.63, 3.8) is 0 Å². The summed E-state index contributed by atoms with van der Waals surface area (Å²) in [7, 11) is 0. The van der Waals surface area contributed by atoms with Gasteiger partial charge in [0.2, 0.25) is 0 Å². The number of hydrogen-bond donors (Lipinski definition) is 3. The van der Waals surface area contributed by atoms with Gasteiger partial charge in [-0.2, -0.15) is 0 Å². The van der Waals surface area contributed by atoms with Gasteiger partial charge >= 0.3 is 0 Å². The van der Waals surface area contributed by atoms with Crippen molar-refractivity contribution in [1.82, 2.24) is 15.2 Å². The Morgan fingerprint density at radius 3 is 2.68 bits per heavy atom. The van der Waals surface area contributed by atoms with E-state index in [-0.39, 0.29) is 11.1 Å². The SMILES string of the molecule is CCNC(=O)c1ccc(N2CCN(Cc3cc(OCC)c4c5c(c(=O)[nH]c4c3)CCCN5)CC2)cc1F. The fourth-order valence-electron chi connectivity index (χ4n) is 5.33. The average molecular weight is 508 g/mol. The molecular weight excluding hydrogens is 473 g/mol. The summed E-state index contributed by atoms with van der Waals surface area (Å²) in [6.45, 7) is 9.47. The smallest absolute Gasteiger partial charge is 0.254 e. The number of piperazine rings is 1. The summed E-state index contributed by atoms with van der Waals surface area (Å²) in [6, 6.07) is 8.95. The van der Waals surface area contributed by atoms with E-state index in [0.29, 0.717) is 13.2 Å². The molecule has 0 spiro atoms. The number of ether oxygens (including phenoxy) is 1. The number of anilines is 2. The third-order valence-corrected chi connectivity index (χ3v) is 7.12. The van der Waals surface area contributed by atoms with E-state index in [1.165, 1.54) is 6.07 Å². The van der Waals surface area contributed by atoms with Crippen LogP contribution in [-0.2, 0) is 13.0 Å². The summed E-state index contributed by atoms with van der Waals surface area (Å²) in [6.07, 6.45) is 1.71. The van der Waals surface area contributed by atoms with Crippen molar-refractivity contribution in [3.05, 3.63) is 63.2 Å². The van der Waals surface area contributed by atoms with Crippen LogP contribution in [0.25, 0.3) is 10.9 Å². The standard InChI is InChI=1S/C28H34FN5O3/c1-3-30-27(35)20-8-7-19(16-22(20)29)34-12-10-33(11-13-34)17-18-14-23-25(24(15-18)37-4-2)26-21(28(36)32-23)6-5-9-31-26/h7-8,14-16,31H,3-6,9-13,17H2,1-2H3,(H,30,35)(H,32,36). The number of halogens is 1. The van der Waals surface area contributed by atoms with Crippen LogP contribution in [0.3, 0.4) is 0 Å². The second kappa shape index (κ2) is 10.8. The number of aromatic amines is 1. The Morgan fingerprint density at radius 1 is 1.14 bits per heavy atom. The highest BCUT2D eigenvalue weighted by Gasteiger charge is 2.22. The van der Waals surface area contributed by atoms with Crippen LogP contribution < -0.4 is 25.8 Å². The summed E-state index contributed by atoms with van der Waals surface area (Å²) in [4.78, 5) is 32.3. The molecule has 9 heteroatoms. The van der Waals surface area contributed by atoms with Gasteiger partial charge in [-0.1, -0.05) is 0 Å². The fraction of sp³-hybridized carbons (Fsp3) is 0.429. The Morgan fingerprint density at radius 2 is 1.95 bits per heavy atom. The summed E-state index contributed by atoms with van der Waals surface area (Å²) < 4.78 is 20.6. The van der Waals surface area contributed by atoms with Crippen LogP contribution >= 0.6 is 0 Å². The second-order valence-corrected chi connectivity index (χ2v) is 9.57. The molecule has 2 aliphatic heterocycles. The molecule has 37 heavy (non-hydrogen) atoms. The van der Waals surface area contributed by atoms with Crippen molar-refractivity contribution in [2.75, 3.05) is 56.1 Å². The molecule has 196 valence electrons. The predicted molar refractivity (Wildman–Crippen MR) is 144 cm³/mol. The zero-order valence-electron chi connectivity index (χ0n) is 21.5. The minimum absolute atomic E-state index is 0.0339. The maximum atomic E-state index is 14.6. The minimum Gasteiger partial charge on any atom is -0.493 e. The Labute approximate surface area is 215 Å². The van der Waals surface area contributed by atoms with Crippen molar-refractivity contribution in [2.45, 2.75) is 33.2 Å². The van der Waals surface area contributed by atoms with Gasteiger partial charge in [-0.3, -0.25) is 14.5 Å². The third kappa shape index (κ3) is 5.13. The molecule has 3 heterocycles. The fourth-order valence-corrected chi connectivity index (χ4v) is 5.33.